The van der Waals surface area contributed by atoms with E-state index in [1.54, 1.807) is 24.3 Å². The van der Waals surface area contributed by atoms with Gasteiger partial charge in [0, 0.05) is 10.6 Å². The zero-order valence-corrected chi connectivity index (χ0v) is 14.2. The summed E-state index contributed by atoms with van der Waals surface area (Å²) in [7, 11) is 0. The number of rotatable bonds is 6. The van der Waals surface area contributed by atoms with Gasteiger partial charge in [0.05, 0.1) is 12.0 Å². The first kappa shape index (κ1) is 17.3. The van der Waals surface area contributed by atoms with Crippen molar-refractivity contribution in [2.75, 3.05) is 0 Å². The largest absolute Gasteiger partial charge is 0.481 e. The number of carboxylic acids is 1. The van der Waals surface area contributed by atoms with Crippen molar-refractivity contribution < 1.29 is 14.7 Å². The van der Waals surface area contributed by atoms with Crippen LogP contribution in [0.5, 0.6) is 0 Å². The van der Waals surface area contributed by atoms with Crippen LogP contribution in [0.25, 0.3) is 11.4 Å². The highest BCUT2D eigenvalue weighted by atomic mass is 35.5. The van der Waals surface area contributed by atoms with Gasteiger partial charge in [-0.1, -0.05) is 24.4 Å². The number of tetrazole rings is 1. The zero-order chi connectivity index (χ0) is 17.9. The highest BCUT2D eigenvalue weighted by molar-refractivity contribution is 6.30. The minimum Gasteiger partial charge on any atom is -0.481 e. The first-order valence-corrected chi connectivity index (χ1v) is 8.40. The lowest BCUT2D eigenvalue weighted by Crippen LogP contribution is -2.49. The molecule has 0 bridgehead atoms. The molecular formula is C16H18ClN5O3. The van der Waals surface area contributed by atoms with E-state index in [-0.39, 0.29) is 18.9 Å². The molecule has 132 valence electrons. The fourth-order valence-electron chi connectivity index (χ4n) is 3.18. The molecule has 25 heavy (non-hydrogen) atoms. The molecule has 1 amide bonds. The summed E-state index contributed by atoms with van der Waals surface area (Å²) < 4.78 is 0. The molecule has 9 heteroatoms. The van der Waals surface area contributed by atoms with Gasteiger partial charge in [-0.2, -0.15) is 4.80 Å². The standard InChI is InChI=1S/C16H18ClN5O3/c17-12-5-3-11(4-6-12)15-19-21-22(20-15)10-13(23)18-16(9-14(24)25)7-1-2-8-16/h3-6H,1-2,7-10H2,(H,18,23)(H,24,25). The number of hydrogen-bond donors (Lipinski definition) is 2. The van der Waals surface area contributed by atoms with Gasteiger partial charge in [-0.15, -0.1) is 10.2 Å². The third-order valence-electron chi connectivity index (χ3n) is 4.30. The lowest BCUT2D eigenvalue weighted by molar-refractivity contribution is -0.139. The Bertz CT molecular complexity index is 768. The molecule has 1 saturated carbocycles. The van der Waals surface area contributed by atoms with Crippen molar-refractivity contribution in [3.8, 4) is 11.4 Å². The first-order valence-electron chi connectivity index (χ1n) is 8.02. The SMILES string of the molecule is O=C(O)CC1(NC(=O)Cn2nnc(-c3ccc(Cl)cc3)n2)CCCC1. The van der Waals surface area contributed by atoms with Crippen LogP contribution in [0.2, 0.25) is 5.02 Å². The molecule has 1 aliphatic rings. The number of aromatic nitrogens is 4. The maximum absolute atomic E-state index is 12.3. The number of amides is 1. The highest BCUT2D eigenvalue weighted by Crippen LogP contribution is 2.32. The molecule has 0 spiro atoms. The summed E-state index contributed by atoms with van der Waals surface area (Å²) in [5, 5.41) is 24.6. The summed E-state index contributed by atoms with van der Waals surface area (Å²) >= 11 is 5.85. The minimum absolute atomic E-state index is 0.0699. The Kier molecular flexibility index (Phi) is 4.98. The molecule has 1 fully saturated rings. The number of carboxylic acid groups (broad SMARTS) is 1. The van der Waals surface area contributed by atoms with Crippen molar-refractivity contribution in [2.45, 2.75) is 44.2 Å². The van der Waals surface area contributed by atoms with Crippen LogP contribution < -0.4 is 5.32 Å². The molecule has 2 N–H and O–H groups in total. The van der Waals surface area contributed by atoms with Crippen molar-refractivity contribution >= 4 is 23.5 Å². The maximum Gasteiger partial charge on any atom is 0.305 e. The molecule has 0 radical (unpaired) electrons. The first-order chi connectivity index (χ1) is 12.0. The van der Waals surface area contributed by atoms with Gasteiger partial charge in [0.2, 0.25) is 11.7 Å². The topological polar surface area (TPSA) is 110 Å². The van der Waals surface area contributed by atoms with Crippen LogP contribution in [-0.4, -0.2) is 42.7 Å². The number of hydrogen-bond acceptors (Lipinski definition) is 5. The molecule has 1 heterocycles. The average Bonchev–Trinajstić information content (AvgIpc) is 3.17. The van der Waals surface area contributed by atoms with E-state index in [4.69, 9.17) is 16.7 Å². The molecule has 8 nitrogen and oxygen atoms in total. The fraction of sp³-hybridized carbons (Fsp3) is 0.438. The predicted octanol–water partition coefficient (Wildman–Crippen LogP) is 1.90. The van der Waals surface area contributed by atoms with Gasteiger partial charge in [-0.3, -0.25) is 9.59 Å². The Morgan fingerprint density at radius 2 is 1.92 bits per heavy atom. The molecule has 0 saturated heterocycles. The molecule has 1 aromatic carbocycles. The maximum atomic E-state index is 12.3. The number of carbonyl (C=O) groups is 2. The predicted molar refractivity (Wildman–Crippen MR) is 89.9 cm³/mol. The van der Waals surface area contributed by atoms with Crippen LogP contribution in [0.4, 0.5) is 0 Å². The molecule has 0 aliphatic heterocycles. The Labute approximate surface area is 149 Å². The number of nitrogens with one attached hydrogen (secondary N) is 1. The van der Waals surface area contributed by atoms with Crippen LogP contribution in [-0.2, 0) is 16.1 Å². The Morgan fingerprint density at radius 1 is 1.24 bits per heavy atom. The van der Waals surface area contributed by atoms with E-state index in [0.717, 1.165) is 18.4 Å². The van der Waals surface area contributed by atoms with E-state index in [2.05, 4.69) is 20.7 Å². The highest BCUT2D eigenvalue weighted by Gasteiger charge is 2.37. The van der Waals surface area contributed by atoms with Gasteiger partial charge in [0.25, 0.3) is 0 Å². The van der Waals surface area contributed by atoms with Crippen LogP contribution >= 0.6 is 11.6 Å². The molecule has 3 rings (SSSR count). The van der Waals surface area contributed by atoms with Gasteiger partial charge in [0.15, 0.2) is 0 Å². The molecular weight excluding hydrogens is 346 g/mol. The number of halogens is 1. The molecule has 1 aliphatic carbocycles. The van der Waals surface area contributed by atoms with Crippen LogP contribution in [0.3, 0.4) is 0 Å². The zero-order valence-electron chi connectivity index (χ0n) is 13.5. The molecule has 0 atom stereocenters. The number of aliphatic carboxylic acids is 1. The summed E-state index contributed by atoms with van der Waals surface area (Å²) in [5.41, 5.74) is 0.0804. The van der Waals surface area contributed by atoms with Gasteiger partial charge < -0.3 is 10.4 Å². The van der Waals surface area contributed by atoms with Crippen molar-refractivity contribution in [2.24, 2.45) is 0 Å². The van der Waals surface area contributed by atoms with E-state index in [1.807, 2.05) is 0 Å². The molecule has 0 unspecified atom stereocenters. The van der Waals surface area contributed by atoms with Crippen molar-refractivity contribution in [1.29, 1.82) is 0 Å². The van der Waals surface area contributed by atoms with Gasteiger partial charge in [0.1, 0.15) is 6.54 Å². The summed E-state index contributed by atoms with van der Waals surface area (Å²) in [4.78, 5) is 24.6. The van der Waals surface area contributed by atoms with Crippen molar-refractivity contribution in [3.05, 3.63) is 29.3 Å². The summed E-state index contributed by atoms with van der Waals surface area (Å²) in [5.74, 6) is -0.833. The number of nitrogens with zero attached hydrogens (tertiary/aromatic N) is 4. The van der Waals surface area contributed by atoms with Crippen molar-refractivity contribution in [3.63, 3.8) is 0 Å². The van der Waals surface area contributed by atoms with E-state index in [9.17, 15) is 9.59 Å². The Morgan fingerprint density at radius 3 is 2.56 bits per heavy atom. The summed E-state index contributed by atoms with van der Waals surface area (Å²) in [6.45, 7) is -0.109. The minimum atomic E-state index is -0.911. The lowest BCUT2D eigenvalue weighted by Gasteiger charge is -2.28. The second kappa shape index (κ2) is 7.18. The monoisotopic (exact) mass is 363 g/mol. The quantitative estimate of drug-likeness (QED) is 0.811. The van der Waals surface area contributed by atoms with Gasteiger partial charge in [-0.25, -0.2) is 0 Å². The fourth-order valence-corrected chi connectivity index (χ4v) is 3.30. The van der Waals surface area contributed by atoms with E-state index >= 15 is 0 Å². The van der Waals surface area contributed by atoms with Crippen LogP contribution in [0, 0.1) is 0 Å². The Balaban J connectivity index is 1.65. The third-order valence-corrected chi connectivity index (χ3v) is 4.55. The summed E-state index contributed by atoms with van der Waals surface area (Å²) in [6.07, 6.45) is 3.10. The van der Waals surface area contributed by atoms with Gasteiger partial charge >= 0.3 is 5.97 Å². The molecule has 1 aromatic heterocycles. The smallest absolute Gasteiger partial charge is 0.305 e. The second-order valence-corrected chi connectivity index (χ2v) is 6.69. The van der Waals surface area contributed by atoms with E-state index < -0.39 is 11.5 Å². The van der Waals surface area contributed by atoms with Gasteiger partial charge in [-0.05, 0) is 42.3 Å². The second-order valence-electron chi connectivity index (χ2n) is 6.26. The van der Waals surface area contributed by atoms with Crippen LogP contribution in [0.15, 0.2) is 24.3 Å². The summed E-state index contributed by atoms with van der Waals surface area (Å²) in [6, 6.07) is 6.98. The number of benzene rings is 1. The third kappa shape index (κ3) is 4.33. The normalized spacial score (nSPS) is 15.9. The molecule has 2 aromatic rings. The van der Waals surface area contributed by atoms with Crippen molar-refractivity contribution in [1.82, 2.24) is 25.5 Å². The number of carbonyl (C=O) groups excluding carboxylic acids is 1. The van der Waals surface area contributed by atoms with Crippen LogP contribution in [0.1, 0.15) is 32.1 Å². The van der Waals surface area contributed by atoms with E-state index in [1.165, 1.54) is 4.80 Å². The average molecular weight is 364 g/mol. The Hall–Kier alpha value is -2.48. The van der Waals surface area contributed by atoms with E-state index in [0.29, 0.717) is 23.7 Å². The lowest BCUT2D eigenvalue weighted by atomic mass is 9.93.